The highest BCUT2D eigenvalue weighted by Gasteiger charge is 2.35. The van der Waals surface area contributed by atoms with Crippen LogP contribution in [0.4, 0.5) is 10.1 Å². The lowest BCUT2D eigenvalue weighted by Gasteiger charge is -2.35. The summed E-state index contributed by atoms with van der Waals surface area (Å²) in [5, 5.41) is 17.4. The van der Waals surface area contributed by atoms with E-state index in [1.807, 2.05) is 6.92 Å². The van der Waals surface area contributed by atoms with Crippen molar-refractivity contribution in [3.8, 4) is 5.69 Å². The fraction of sp³-hybridized carbons (Fsp3) is 0.560. The number of primary amides is 1. The first-order valence-electron chi connectivity index (χ1n) is 11.9. The van der Waals surface area contributed by atoms with Gasteiger partial charge in [0.2, 0.25) is 0 Å². The summed E-state index contributed by atoms with van der Waals surface area (Å²) in [6.45, 7) is 6.38. The van der Waals surface area contributed by atoms with E-state index in [-0.39, 0.29) is 28.6 Å². The number of carbonyl (C=O) groups is 2. The van der Waals surface area contributed by atoms with Gasteiger partial charge in [0.1, 0.15) is 11.9 Å². The van der Waals surface area contributed by atoms with Gasteiger partial charge in [0, 0.05) is 23.7 Å². The number of nitrogens with one attached hydrogen (secondary N) is 1. The molecule has 0 radical (unpaired) electrons. The Bertz CT molecular complexity index is 1130. The molecule has 1 amide bonds. The predicted molar refractivity (Wildman–Crippen MR) is 128 cm³/mol. The van der Waals surface area contributed by atoms with Crippen molar-refractivity contribution in [2.75, 3.05) is 5.32 Å². The fourth-order valence-electron chi connectivity index (χ4n) is 5.56. The van der Waals surface area contributed by atoms with Gasteiger partial charge in [-0.1, -0.05) is 26.7 Å². The fourth-order valence-corrected chi connectivity index (χ4v) is 5.56. The van der Waals surface area contributed by atoms with Gasteiger partial charge in [0.25, 0.3) is 5.91 Å². The first kappa shape index (κ1) is 24.2. The number of benzene rings is 1. The summed E-state index contributed by atoms with van der Waals surface area (Å²) in [5.74, 6) is -3.05. The highest BCUT2D eigenvalue weighted by atomic mass is 19.1. The molecule has 1 aromatic carbocycles. The van der Waals surface area contributed by atoms with E-state index in [2.05, 4.69) is 19.2 Å². The quantitative estimate of drug-likeness (QED) is 0.510. The Kier molecular flexibility index (Phi) is 6.42. The molecule has 8 nitrogen and oxygen atoms in total. The Labute approximate surface area is 198 Å². The predicted octanol–water partition coefficient (Wildman–Crippen LogP) is 3.32. The lowest BCUT2D eigenvalue weighted by Crippen LogP contribution is -2.48. The van der Waals surface area contributed by atoms with Crippen molar-refractivity contribution in [2.24, 2.45) is 22.8 Å². The van der Waals surface area contributed by atoms with Crippen LogP contribution in [-0.2, 0) is 17.6 Å². The molecule has 3 atom stereocenters. The van der Waals surface area contributed by atoms with Crippen LogP contribution in [-0.4, -0.2) is 38.8 Å². The molecule has 34 heavy (non-hydrogen) atoms. The topological polar surface area (TPSA) is 136 Å². The maximum Gasteiger partial charge on any atom is 0.320 e. The molecule has 1 heterocycles. The third-order valence-electron chi connectivity index (χ3n) is 7.46. The highest BCUT2D eigenvalue weighted by molar-refractivity contribution is 5.99. The van der Waals surface area contributed by atoms with Crippen molar-refractivity contribution in [1.82, 2.24) is 9.78 Å². The number of amides is 1. The standard InChI is InChI=1S/C25H34FN5O3/c1-13-15-8-9-25(2,3)12-20(15)31(30-13)14-10-17(26)21(23(28)32)19(11-14)29-18-7-5-4-6-16(18)22(27)24(33)34/h10-11,16,18,22,29H,4-9,12,27H2,1-3H3,(H2,28,32)(H,33,34)/t16-,18?,22+/m1/s1. The van der Waals surface area contributed by atoms with E-state index in [1.54, 1.807) is 10.7 Å². The number of carboxylic acids is 1. The van der Waals surface area contributed by atoms with Gasteiger partial charge in [0.05, 0.1) is 22.6 Å². The van der Waals surface area contributed by atoms with Crippen molar-refractivity contribution >= 4 is 17.6 Å². The van der Waals surface area contributed by atoms with Gasteiger partial charge >= 0.3 is 5.97 Å². The van der Waals surface area contributed by atoms with E-state index in [0.29, 0.717) is 18.5 Å². The number of hydrogen-bond donors (Lipinski definition) is 4. The number of carboxylic acid groups (broad SMARTS) is 1. The van der Waals surface area contributed by atoms with Gasteiger partial charge < -0.3 is 21.9 Å². The first-order valence-corrected chi connectivity index (χ1v) is 11.9. The first-order chi connectivity index (χ1) is 16.0. The summed E-state index contributed by atoms with van der Waals surface area (Å²) in [7, 11) is 0. The monoisotopic (exact) mass is 471 g/mol. The molecule has 9 heteroatoms. The average Bonchev–Trinajstić information content (AvgIpc) is 3.07. The molecule has 2 aromatic rings. The molecule has 6 N–H and O–H groups in total. The van der Waals surface area contributed by atoms with Crippen molar-refractivity contribution in [2.45, 2.75) is 77.8 Å². The SMILES string of the molecule is Cc1nn(-c2cc(F)c(C(N)=O)c(NC3CCCC[C@H]3[C@H](N)C(=O)O)c2)c2c1CCC(C)(C)C2. The largest absolute Gasteiger partial charge is 0.480 e. The van der Waals surface area contributed by atoms with Crippen molar-refractivity contribution in [1.29, 1.82) is 0 Å². The minimum Gasteiger partial charge on any atom is -0.480 e. The molecule has 0 aliphatic heterocycles. The van der Waals surface area contributed by atoms with Crippen LogP contribution in [0.3, 0.4) is 0 Å². The van der Waals surface area contributed by atoms with E-state index in [0.717, 1.165) is 43.5 Å². The molecule has 1 unspecified atom stereocenters. The van der Waals surface area contributed by atoms with Gasteiger partial charge in [-0.3, -0.25) is 9.59 Å². The number of aromatic nitrogens is 2. The maximum atomic E-state index is 15.3. The lowest BCUT2D eigenvalue weighted by molar-refractivity contribution is -0.140. The smallest absolute Gasteiger partial charge is 0.320 e. The number of aryl methyl sites for hydroxylation is 1. The van der Waals surface area contributed by atoms with Gasteiger partial charge in [-0.05, 0) is 56.1 Å². The van der Waals surface area contributed by atoms with E-state index in [4.69, 9.17) is 16.6 Å². The number of aliphatic carboxylic acids is 1. The van der Waals surface area contributed by atoms with Crippen LogP contribution < -0.4 is 16.8 Å². The van der Waals surface area contributed by atoms with Crippen molar-refractivity contribution < 1.29 is 19.1 Å². The number of anilines is 1. The van der Waals surface area contributed by atoms with E-state index in [9.17, 15) is 14.7 Å². The number of halogens is 1. The molecule has 2 aliphatic carbocycles. The van der Waals surface area contributed by atoms with Crippen molar-refractivity contribution in [3.05, 3.63) is 40.5 Å². The molecule has 2 aliphatic rings. The molecule has 1 saturated carbocycles. The third kappa shape index (κ3) is 4.53. The summed E-state index contributed by atoms with van der Waals surface area (Å²) in [6.07, 6.45) is 5.84. The van der Waals surface area contributed by atoms with Crippen LogP contribution >= 0.6 is 0 Å². The van der Waals surface area contributed by atoms with E-state index < -0.39 is 23.7 Å². The van der Waals surface area contributed by atoms with Gasteiger partial charge in [-0.25, -0.2) is 9.07 Å². The lowest BCUT2D eigenvalue weighted by atomic mass is 9.76. The summed E-state index contributed by atoms with van der Waals surface area (Å²) in [4.78, 5) is 23.7. The minimum atomic E-state index is -1.07. The second kappa shape index (κ2) is 9.02. The summed E-state index contributed by atoms with van der Waals surface area (Å²) >= 11 is 0. The van der Waals surface area contributed by atoms with Crippen LogP contribution in [0.5, 0.6) is 0 Å². The average molecular weight is 472 g/mol. The van der Waals surface area contributed by atoms with Gasteiger partial charge in [-0.2, -0.15) is 5.10 Å². The number of rotatable bonds is 6. The minimum absolute atomic E-state index is 0.103. The number of nitrogens with two attached hydrogens (primary N) is 2. The van der Waals surface area contributed by atoms with Crippen LogP contribution in [0, 0.1) is 24.1 Å². The Balaban J connectivity index is 1.77. The van der Waals surface area contributed by atoms with Crippen molar-refractivity contribution in [3.63, 3.8) is 0 Å². The molecular weight excluding hydrogens is 437 g/mol. The molecule has 0 saturated heterocycles. The zero-order chi connectivity index (χ0) is 24.8. The maximum absolute atomic E-state index is 15.3. The Morgan fingerprint density at radius 3 is 2.68 bits per heavy atom. The third-order valence-corrected chi connectivity index (χ3v) is 7.46. The molecule has 4 rings (SSSR count). The molecule has 1 fully saturated rings. The number of fused-ring (bicyclic) bond motifs is 1. The molecule has 1 aromatic heterocycles. The number of nitrogens with zero attached hydrogens (tertiary/aromatic N) is 2. The second-order valence-electron chi connectivity index (χ2n) is 10.5. The molecule has 0 spiro atoms. The number of carbonyl (C=O) groups excluding carboxylic acids is 1. The zero-order valence-electron chi connectivity index (χ0n) is 20.0. The molecule has 184 valence electrons. The van der Waals surface area contributed by atoms with Gasteiger partial charge in [-0.15, -0.1) is 0 Å². The van der Waals surface area contributed by atoms with E-state index >= 15 is 4.39 Å². The summed E-state index contributed by atoms with van der Waals surface area (Å²) in [6, 6.07) is 1.61. The Morgan fingerprint density at radius 1 is 1.29 bits per heavy atom. The van der Waals surface area contributed by atoms with Crippen LogP contribution in [0.1, 0.15) is 73.3 Å². The van der Waals surface area contributed by atoms with Crippen LogP contribution in [0.25, 0.3) is 5.69 Å². The zero-order valence-corrected chi connectivity index (χ0v) is 20.0. The Hall–Kier alpha value is -2.94. The second-order valence-corrected chi connectivity index (χ2v) is 10.5. The summed E-state index contributed by atoms with van der Waals surface area (Å²) < 4.78 is 17.0. The Morgan fingerprint density at radius 2 is 2.00 bits per heavy atom. The molecule has 0 bridgehead atoms. The highest BCUT2D eigenvalue weighted by Crippen LogP contribution is 2.38. The van der Waals surface area contributed by atoms with E-state index in [1.165, 1.54) is 11.6 Å². The van der Waals surface area contributed by atoms with Crippen LogP contribution in [0.15, 0.2) is 12.1 Å². The normalized spacial score (nSPS) is 22.6. The van der Waals surface area contributed by atoms with Gasteiger partial charge in [0.15, 0.2) is 0 Å². The summed E-state index contributed by atoms with van der Waals surface area (Å²) in [5.41, 5.74) is 15.3. The molecular formula is C25H34FN5O3. The van der Waals surface area contributed by atoms with Crippen LogP contribution in [0.2, 0.25) is 0 Å². The number of hydrogen-bond acceptors (Lipinski definition) is 5.